The Kier molecular flexibility index (Phi) is 6.07. The van der Waals surface area contributed by atoms with E-state index in [-0.39, 0.29) is 5.91 Å². The van der Waals surface area contributed by atoms with E-state index in [1.54, 1.807) is 0 Å². The summed E-state index contributed by atoms with van der Waals surface area (Å²) in [6, 6.07) is 8.46. The maximum Gasteiger partial charge on any atom is 0.227 e. The molecule has 1 heterocycles. The Hall–Kier alpha value is -1.62. The maximum absolute atomic E-state index is 11.8. The predicted molar refractivity (Wildman–Crippen MR) is 103 cm³/mol. The van der Waals surface area contributed by atoms with Crippen molar-refractivity contribution < 1.29 is 4.79 Å². The second-order valence-electron chi connectivity index (χ2n) is 6.84. The van der Waals surface area contributed by atoms with Crippen molar-refractivity contribution in [3.63, 3.8) is 0 Å². The van der Waals surface area contributed by atoms with Crippen LogP contribution in [0.1, 0.15) is 57.8 Å². The number of benzene rings is 1. The quantitative estimate of drug-likeness (QED) is 0.806. The van der Waals surface area contributed by atoms with E-state index in [9.17, 15) is 4.79 Å². The third-order valence-electron chi connectivity index (χ3n) is 4.95. The van der Waals surface area contributed by atoms with Crippen LogP contribution in [0.4, 0.5) is 11.4 Å². The van der Waals surface area contributed by atoms with E-state index in [2.05, 4.69) is 10.6 Å². The number of carbonyl (C=O) groups is 1. The number of hydrogen-bond donors (Lipinski definition) is 2. The predicted octanol–water partition coefficient (Wildman–Crippen LogP) is 4.21. The minimum atomic E-state index is 0.220. The number of thiocarbonyl (C=S) groups is 1. The molecule has 3 rings (SSSR count). The number of rotatable bonds is 3. The van der Waals surface area contributed by atoms with Crippen molar-refractivity contribution in [2.45, 2.75) is 63.8 Å². The van der Waals surface area contributed by atoms with E-state index in [0.29, 0.717) is 17.6 Å². The van der Waals surface area contributed by atoms with Crippen molar-refractivity contribution in [1.29, 1.82) is 0 Å². The summed E-state index contributed by atoms with van der Waals surface area (Å²) >= 11 is 5.47. The van der Waals surface area contributed by atoms with Crippen LogP contribution in [0.3, 0.4) is 0 Å². The van der Waals surface area contributed by atoms with Crippen molar-refractivity contribution in [3.8, 4) is 0 Å². The Balaban J connectivity index is 1.51. The van der Waals surface area contributed by atoms with Gasteiger partial charge in [0.1, 0.15) is 0 Å². The summed E-state index contributed by atoms with van der Waals surface area (Å²) in [5, 5.41) is 7.44. The highest BCUT2D eigenvalue weighted by Gasteiger charge is 2.21. The zero-order chi connectivity index (χ0) is 16.8. The van der Waals surface area contributed by atoms with Gasteiger partial charge >= 0.3 is 0 Å². The summed E-state index contributed by atoms with van der Waals surface area (Å²) in [5.41, 5.74) is 1.94. The van der Waals surface area contributed by atoms with Crippen LogP contribution in [0.2, 0.25) is 0 Å². The highest BCUT2D eigenvalue weighted by atomic mass is 32.1. The standard InChI is InChI=1S/C19H27N3OS/c23-18-9-6-14-22(18)17-12-10-16(11-13-17)21-19(24)20-15-7-4-2-1-3-5-8-15/h10-13,15H,1-9,14H2,(H2,20,21,24). The lowest BCUT2D eigenvalue weighted by Gasteiger charge is -2.23. The Bertz CT molecular complexity index is 564. The molecule has 1 saturated heterocycles. The van der Waals surface area contributed by atoms with Gasteiger partial charge in [-0.05, 0) is 55.7 Å². The van der Waals surface area contributed by atoms with Gasteiger partial charge in [-0.25, -0.2) is 0 Å². The molecule has 0 bridgehead atoms. The van der Waals surface area contributed by atoms with Crippen LogP contribution in [0, 0.1) is 0 Å². The van der Waals surface area contributed by atoms with Crippen molar-refractivity contribution in [1.82, 2.24) is 5.32 Å². The number of hydrogen-bond acceptors (Lipinski definition) is 2. The van der Waals surface area contributed by atoms with Crippen LogP contribution in [0.25, 0.3) is 0 Å². The molecular weight excluding hydrogens is 318 g/mol. The van der Waals surface area contributed by atoms with Crippen molar-refractivity contribution in [2.75, 3.05) is 16.8 Å². The number of nitrogens with one attached hydrogen (secondary N) is 2. The second kappa shape index (κ2) is 8.47. The summed E-state index contributed by atoms with van der Waals surface area (Å²) < 4.78 is 0. The van der Waals surface area contributed by atoms with Crippen LogP contribution in [0.15, 0.2) is 24.3 Å². The average molecular weight is 346 g/mol. The zero-order valence-corrected chi connectivity index (χ0v) is 15.0. The summed E-state index contributed by atoms with van der Waals surface area (Å²) in [6.07, 6.45) is 10.7. The summed E-state index contributed by atoms with van der Waals surface area (Å²) in [6.45, 7) is 0.827. The van der Waals surface area contributed by atoms with E-state index in [1.807, 2.05) is 29.2 Å². The molecule has 1 aliphatic carbocycles. The summed E-state index contributed by atoms with van der Waals surface area (Å²) in [7, 11) is 0. The molecule has 0 aromatic heterocycles. The Morgan fingerprint density at radius 2 is 1.67 bits per heavy atom. The van der Waals surface area contributed by atoms with Gasteiger partial charge in [0, 0.05) is 30.4 Å². The lowest BCUT2D eigenvalue weighted by Crippen LogP contribution is -2.38. The van der Waals surface area contributed by atoms with Gasteiger partial charge in [-0.2, -0.15) is 0 Å². The van der Waals surface area contributed by atoms with Crippen LogP contribution >= 0.6 is 12.2 Å². The first-order valence-corrected chi connectivity index (χ1v) is 9.61. The Labute approximate surface area is 150 Å². The zero-order valence-electron chi connectivity index (χ0n) is 14.2. The number of carbonyl (C=O) groups excluding carboxylic acids is 1. The van der Waals surface area contributed by atoms with E-state index in [0.717, 1.165) is 24.3 Å². The highest BCUT2D eigenvalue weighted by Crippen LogP contribution is 2.23. The first kappa shape index (κ1) is 17.2. The van der Waals surface area contributed by atoms with Gasteiger partial charge in [-0.15, -0.1) is 0 Å². The number of anilines is 2. The molecule has 4 nitrogen and oxygen atoms in total. The third-order valence-corrected chi connectivity index (χ3v) is 5.17. The third kappa shape index (κ3) is 4.69. The van der Waals surface area contributed by atoms with Gasteiger partial charge in [-0.1, -0.05) is 32.1 Å². The smallest absolute Gasteiger partial charge is 0.227 e. The van der Waals surface area contributed by atoms with Gasteiger partial charge in [-0.3, -0.25) is 4.79 Å². The molecule has 0 spiro atoms. The Morgan fingerprint density at radius 1 is 1.00 bits per heavy atom. The largest absolute Gasteiger partial charge is 0.360 e. The van der Waals surface area contributed by atoms with Gasteiger partial charge in [0.2, 0.25) is 5.91 Å². The molecule has 2 N–H and O–H groups in total. The van der Waals surface area contributed by atoms with Gasteiger partial charge < -0.3 is 15.5 Å². The molecule has 1 saturated carbocycles. The monoisotopic (exact) mass is 345 g/mol. The lowest BCUT2D eigenvalue weighted by molar-refractivity contribution is -0.117. The normalized spacial score (nSPS) is 19.7. The van der Waals surface area contributed by atoms with E-state index >= 15 is 0 Å². The Morgan fingerprint density at radius 3 is 2.29 bits per heavy atom. The van der Waals surface area contributed by atoms with Gasteiger partial charge in [0.05, 0.1) is 0 Å². The molecule has 5 heteroatoms. The van der Waals surface area contributed by atoms with Crippen molar-refractivity contribution in [2.24, 2.45) is 0 Å². The molecule has 1 aromatic carbocycles. The molecule has 0 atom stereocenters. The highest BCUT2D eigenvalue weighted by molar-refractivity contribution is 7.80. The average Bonchev–Trinajstić information content (AvgIpc) is 2.97. The summed E-state index contributed by atoms with van der Waals surface area (Å²) in [5.74, 6) is 0.220. The topological polar surface area (TPSA) is 44.4 Å². The fourth-order valence-corrected chi connectivity index (χ4v) is 3.88. The van der Waals surface area contributed by atoms with Gasteiger partial charge in [0.15, 0.2) is 5.11 Å². The molecular formula is C19H27N3OS. The number of nitrogens with zero attached hydrogens (tertiary/aromatic N) is 1. The van der Waals surface area contributed by atoms with Crippen LogP contribution < -0.4 is 15.5 Å². The molecule has 2 aliphatic rings. The van der Waals surface area contributed by atoms with Crippen molar-refractivity contribution in [3.05, 3.63) is 24.3 Å². The molecule has 1 aromatic rings. The fourth-order valence-electron chi connectivity index (χ4n) is 3.60. The first-order chi connectivity index (χ1) is 11.7. The van der Waals surface area contributed by atoms with Crippen molar-refractivity contribution >= 4 is 34.6 Å². The molecule has 1 aliphatic heterocycles. The van der Waals surface area contributed by atoms with Crippen LogP contribution in [-0.4, -0.2) is 23.6 Å². The fraction of sp³-hybridized carbons (Fsp3) is 0.579. The number of amides is 1. The molecule has 1 amide bonds. The SMILES string of the molecule is O=C1CCCN1c1ccc(NC(=S)NC2CCCCCCC2)cc1. The molecule has 24 heavy (non-hydrogen) atoms. The minimum Gasteiger partial charge on any atom is -0.360 e. The first-order valence-electron chi connectivity index (χ1n) is 9.20. The maximum atomic E-state index is 11.8. The second-order valence-corrected chi connectivity index (χ2v) is 7.24. The van der Waals surface area contributed by atoms with Gasteiger partial charge in [0.25, 0.3) is 0 Å². The van der Waals surface area contributed by atoms with Crippen LogP contribution in [-0.2, 0) is 4.79 Å². The van der Waals surface area contributed by atoms with E-state index in [4.69, 9.17) is 12.2 Å². The lowest BCUT2D eigenvalue weighted by atomic mass is 9.97. The minimum absolute atomic E-state index is 0.220. The van der Waals surface area contributed by atoms with Crippen LogP contribution in [0.5, 0.6) is 0 Å². The van der Waals surface area contributed by atoms with E-state index in [1.165, 1.54) is 44.9 Å². The summed E-state index contributed by atoms with van der Waals surface area (Å²) in [4.78, 5) is 13.6. The molecule has 0 unspecified atom stereocenters. The van der Waals surface area contributed by atoms with E-state index < -0.39 is 0 Å². The molecule has 0 radical (unpaired) electrons. The molecule has 2 fully saturated rings. The molecule has 130 valence electrons.